The predicted molar refractivity (Wildman–Crippen MR) is 46.5 cm³/mol. The fourth-order valence-corrected chi connectivity index (χ4v) is 2.76. The minimum Gasteiger partial charge on any atom is -1.00 e. The lowest BCUT2D eigenvalue weighted by Gasteiger charge is -2.07. The Kier molecular flexibility index (Phi) is 2.96. The maximum atomic E-state index is 5.80. The highest BCUT2D eigenvalue weighted by atomic mass is 35.5. The summed E-state index contributed by atoms with van der Waals surface area (Å²) in [6.07, 6.45) is 5.13. The zero-order valence-electron chi connectivity index (χ0n) is 7.14. The Morgan fingerprint density at radius 3 is 2.67 bits per heavy atom. The summed E-state index contributed by atoms with van der Waals surface area (Å²) in [5.41, 5.74) is 7.27. The molecule has 0 amide bonds. The van der Waals surface area contributed by atoms with Gasteiger partial charge in [-0.2, -0.15) is 0 Å². The number of anilines is 1. The first-order chi connectivity index (χ1) is 5.29. The molecule has 1 aromatic rings. The first-order valence-electron chi connectivity index (χ1n) is 4.05. The molecule has 12 heavy (non-hydrogen) atoms. The molecule has 0 bridgehead atoms. The molecule has 1 aliphatic carbocycles. The third-order valence-corrected chi connectivity index (χ3v) is 3.52. The molecule has 2 nitrogen and oxygen atoms in total. The number of halogens is 1. The quantitative estimate of drug-likeness (QED) is 0.489. The predicted octanol–water partition coefficient (Wildman–Crippen LogP) is -1.96. The van der Waals surface area contributed by atoms with E-state index < -0.39 is 0 Å². The van der Waals surface area contributed by atoms with E-state index in [2.05, 4.69) is 11.6 Å². The number of aromatic nitrogens is 1. The Morgan fingerprint density at radius 1 is 1.33 bits per heavy atom. The maximum Gasteiger partial charge on any atom is 0.331 e. The van der Waals surface area contributed by atoms with Gasteiger partial charge in [0.1, 0.15) is 5.69 Å². The van der Waals surface area contributed by atoms with Crippen LogP contribution < -0.4 is 22.7 Å². The van der Waals surface area contributed by atoms with Gasteiger partial charge in [0.25, 0.3) is 0 Å². The van der Waals surface area contributed by atoms with Crippen LogP contribution in [-0.2, 0) is 19.9 Å². The van der Waals surface area contributed by atoms with Crippen LogP contribution in [-0.4, -0.2) is 0 Å². The highest BCUT2D eigenvalue weighted by Crippen LogP contribution is 2.25. The van der Waals surface area contributed by atoms with Gasteiger partial charge in [-0.05, 0) is 19.3 Å². The van der Waals surface area contributed by atoms with Crippen molar-refractivity contribution in [2.45, 2.75) is 25.7 Å². The van der Waals surface area contributed by atoms with E-state index in [-0.39, 0.29) is 12.4 Å². The normalized spacial score (nSPS) is 15.1. The van der Waals surface area contributed by atoms with Crippen LogP contribution in [0, 0.1) is 0 Å². The summed E-state index contributed by atoms with van der Waals surface area (Å²) < 4.78 is 2.14. The molecule has 1 aliphatic rings. The summed E-state index contributed by atoms with van der Waals surface area (Å²) >= 11 is 1.76. The average molecular weight is 205 g/mol. The molecule has 0 aromatic carbocycles. The zero-order valence-corrected chi connectivity index (χ0v) is 8.71. The molecule has 0 aliphatic heterocycles. The van der Waals surface area contributed by atoms with E-state index in [0.29, 0.717) is 0 Å². The van der Waals surface area contributed by atoms with E-state index >= 15 is 0 Å². The van der Waals surface area contributed by atoms with Gasteiger partial charge < -0.3 is 12.4 Å². The number of thiazole rings is 1. The smallest absolute Gasteiger partial charge is 0.331 e. The van der Waals surface area contributed by atoms with Crippen molar-refractivity contribution in [3.63, 3.8) is 0 Å². The highest BCUT2D eigenvalue weighted by Gasteiger charge is 2.20. The van der Waals surface area contributed by atoms with Gasteiger partial charge in [0.2, 0.25) is 0 Å². The molecule has 68 valence electrons. The van der Waals surface area contributed by atoms with Crippen LogP contribution in [0.5, 0.6) is 0 Å². The molecule has 0 fully saturated rings. The third kappa shape index (κ3) is 1.43. The molecule has 2 rings (SSSR count). The van der Waals surface area contributed by atoms with E-state index in [1.807, 2.05) is 0 Å². The maximum absolute atomic E-state index is 5.80. The second-order valence-corrected chi connectivity index (χ2v) is 4.19. The van der Waals surface area contributed by atoms with Gasteiger partial charge in [0.05, 0.1) is 11.9 Å². The highest BCUT2D eigenvalue weighted by molar-refractivity contribution is 7.15. The monoisotopic (exact) mass is 204 g/mol. The first kappa shape index (κ1) is 9.81. The van der Waals surface area contributed by atoms with Crippen LogP contribution >= 0.6 is 11.3 Å². The molecular formula is C8H13ClN2S. The molecule has 0 atom stereocenters. The number of aryl methyl sites for hydroxylation is 1. The van der Waals surface area contributed by atoms with E-state index in [9.17, 15) is 0 Å². The van der Waals surface area contributed by atoms with Crippen molar-refractivity contribution in [3.05, 3.63) is 10.6 Å². The molecule has 0 unspecified atom stereocenters. The summed E-state index contributed by atoms with van der Waals surface area (Å²) in [5, 5.41) is 0.955. The molecule has 0 radical (unpaired) electrons. The number of fused-ring (bicyclic) bond motifs is 1. The molecule has 1 heterocycles. The molecule has 4 heteroatoms. The number of nitrogens with zero attached hydrogens (tertiary/aromatic N) is 1. The number of hydrogen-bond acceptors (Lipinski definition) is 2. The van der Waals surface area contributed by atoms with E-state index in [1.54, 1.807) is 11.3 Å². The van der Waals surface area contributed by atoms with Crippen LogP contribution in [0.4, 0.5) is 5.13 Å². The van der Waals surface area contributed by atoms with Gasteiger partial charge in [0.15, 0.2) is 0 Å². The SMILES string of the molecule is C[n+]1c(N)sc2c1CCCC2.[Cl-]. The van der Waals surface area contributed by atoms with Crippen LogP contribution in [0.3, 0.4) is 0 Å². The largest absolute Gasteiger partial charge is 1.00 e. The Morgan fingerprint density at radius 2 is 2.00 bits per heavy atom. The van der Waals surface area contributed by atoms with Crippen molar-refractivity contribution in [1.82, 2.24) is 0 Å². The molecule has 0 saturated carbocycles. The molecule has 0 spiro atoms. The summed E-state index contributed by atoms with van der Waals surface area (Å²) in [7, 11) is 2.07. The van der Waals surface area contributed by atoms with Crippen molar-refractivity contribution in [2.24, 2.45) is 7.05 Å². The van der Waals surface area contributed by atoms with Gasteiger partial charge >= 0.3 is 5.13 Å². The summed E-state index contributed by atoms with van der Waals surface area (Å²) in [6, 6.07) is 0. The number of rotatable bonds is 0. The second-order valence-electron chi connectivity index (χ2n) is 3.08. The zero-order chi connectivity index (χ0) is 7.84. The number of hydrogen-bond donors (Lipinski definition) is 1. The second kappa shape index (κ2) is 3.62. The van der Waals surface area contributed by atoms with Gasteiger partial charge in [-0.25, -0.2) is 4.57 Å². The fourth-order valence-electron chi connectivity index (χ4n) is 1.65. The first-order valence-corrected chi connectivity index (χ1v) is 4.86. The van der Waals surface area contributed by atoms with Crippen LogP contribution in [0.25, 0.3) is 0 Å². The van der Waals surface area contributed by atoms with Crippen molar-refractivity contribution in [3.8, 4) is 0 Å². The van der Waals surface area contributed by atoms with E-state index in [4.69, 9.17) is 5.73 Å². The summed E-state index contributed by atoms with van der Waals surface area (Å²) in [4.78, 5) is 1.51. The Labute approximate surface area is 82.8 Å². The van der Waals surface area contributed by atoms with Crippen LogP contribution in [0.1, 0.15) is 23.4 Å². The lowest BCUT2D eigenvalue weighted by Crippen LogP contribution is -3.00. The fraction of sp³-hybridized carbons (Fsp3) is 0.625. The Hall–Kier alpha value is -0.280. The van der Waals surface area contributed by atoms with E-state index in [0.717, 1.165) is 5.13 Å². The van der Waals surface area contributed by atoms with Gasteiger partial charge in [-0.3, -0.25) is 5.73 Å². The van der Waals surface area contributed by atoms with Crippen molar-refractivity contribution < 1.29 is 17.0 Å². The number of nitrogen functional groups attached to an aromatic ring is 1. The lowest BCUT2D eigenvalue weighted by atomic mass is 10.0. The van der Waals surface area contributed by atoms with Crippen molar-refractivity contribution >= 4 is 16.5 Å². The Balaban J connectivity index is 0.000000720. The average Bonchev–Trinajstić information content (AvgIpc) is 2.30. The van der Waals surface area contributed by atoms with Gasteiger partial charge in [-0.15, -0.1) is 0 Å². The third-order valence-electron chi connectivity index (χ3n) is 2.35. The van der Waals surface area contributed by atoms with Crippen LogP contribution in [0.15, 0.2) is 0 Å². The summed E-state index contributed by atoms with van der Waals surface area (Å²) in [6.45, 7) is 0. The minimum atomic E-state index is 0. The van der Waals surface area contributed by atoms with Gasteiger partial charge in [0, 0.05) is 6.42 Å². The molecular weight excluding hydrogens is 192 g/mol. The Bertz CT molecular complexity index is 283. The molecule has 0 saturated heterocycles. The standard InChI is InChI=1S/C8H12N2S.ClH/c1-10-6-4-2-3-5-7(6)11-8(10)9;/h9H,2-5H2,1H3;1H. The number of nitrogens with two attached hydrogens (primary N) is 1. The van der Waals surface area contributed by atoms with Crippen molar-refractivity contribution in [2.75, 3.05) is 5.73 Å². The van der Waals surface area contributed by atoms with Crippen LogP contribution in [0.2, 0.25) is 0 Å². The van der Waals surface area contributed by atoms with E-state index in [1.165, 1.54) is 36.3 Å². The minimum absolute atomic E-state index is 0. The molecule has 2 N–H and O–H groups in total. The van der Waals surface area contributed by atoms with Crippen molar-refractivity contribution in [1.29, 1.82) is 0 Å². The lowest BCUT2D eigenvalue weighted by molar-refractivity contribution is -0.660. The summed E-state index contributed by atoms with van der Waals surface area (Å²) in [5.74, 6) is 0. The topological polar surface area (TPSA) is 29.9 Å². The van der Waals surface area contributed by atoms with Gasteiger partial charge in [-0.1, -0.05) is 11.3 Å². The molecule has 1 aromatic heterocycles.